The maximum absolute atomic E-state index is 5.21. The van der Waals surface area contributed by atoms with Gasteiger partial charge < -0.3 is 0 Å². The highest BCUT2D eigenvalue weighted by atomic mass is 15.0. The molecule has 0 N–H and O–H groups in total. The maximum Gasteiger partial charge on any atom is 0.164 e. The van der Waals surface area contributed by atoms with E-state index in [4.69, 9.17) is 15.0 Å². The molecule has 1 aliphatic carbocycles. The average molecular weight is 829 g/mol. The van der Waals surface area contributed by atoms with Crippen LogP contribution in [0.5, 0.6) is 0 Å². The van der Waals surface area contributed by atoms with Gasteiger partial charge in [-0.2, -0.15) is 0 Å². The Hall–Kier alpha value is -8.60. The molecule has 4 nitrogen and oxygen atoms in total. The molecule has 1 aliphatic rings. The lowest BCUT2D eigenvalue weighted by molar-refractivity contribution is 0.769. The summed E-state index contributed by atoms with van der Waals surface area (Å²) in [5.74, 6) is 1.84. The van der Waals surface area contributed by atoms with Crippen molar-refractivity contribution in [1.82, 2.24) is 19.9 Å². The zero-order valence-electron chi connectivity index (χ0n) is 35.4. The molecule has 12 rings (SSSR count). The van der Waals surface area contributed by atoms with Crippen molar-refractivity contribution in [3.63, 3.8) is 0 Å². The Bertz CT molecular complexity index is 3480. The summed E-state index contributed by atoms with van der Waals surface area (Å²) in [7, 11) is 0. The van der Waals surface area contributed by atoms with Crippen LogP contribution in [0, 0.1) is 0 Å². The zero-order valence-corrected chi connectivity index (χ0v) is 35.4. The second kappa shape index (κ2) is 15.9. The van der Waals surface area contributed by atoms with Gasteiger partial charge in [-0.3, -0.25) is 4.98 Å². The van der Waals surface area contributed by atoms with Crippen molar-refractivity contribution in [3.8, 4) is 78.7 Å². The molecular weight excluding hydrogens is 789 g/mol. The molecule has 0 aliphatic heterocycles. The topological polar surface area (TPSA) is 51.6 Å². The normalized spacial score (nSPS) is 12.4. The fourth-order valence-electron chi connectivity index (χ4n) is 9.85. The van der Waals surface area contributed by atoms with Gasteiger partial charge in [0.15, 0.2) is 17.5 Å². The molecule has 0 amide bonds. The standard InChI is InChI=1S/C61H40N4/c1-4-15-44(16-5-1)58-63-59(45-27-24-42(25-28-45)43-34-36-62-37-35-43)65-60(64-58)49-31-32-52(55(39-49)47-29-26-41-14-10-11-17-46(41)38-47)48-30-33-54-53-22-12-13-23-56(53)61(57(54)40-48,50-18-6-2-7-19-50)51-20-8-3-9-21-51/h1-40H. The summed E-state index contributed by atoms with van der Waals surface area (Å²) in [6.07, 6.45) is 3.63. The van der Waals surface area contributed by atoms with Crippen molar-refractivity contribution in [3.05, 3.63) is 265 Å². The van der Waals surface area contributed by atoms with Crippen molar-refractivity contribution < 1.29 is 0 Å². The summed E-state index contributed by atoms with van der Waals surface area (Å²) in [4.78, 5) is 19.7. The van der Waals surface area contributed by atoms with Gasteiger partial charge in [0.05, 0.1) is 5.41 Å². The van der Waals surface area contributed by atoms with E-state index in [0.29, 0.717) is 17.5 Å². The van der Waals surface area contributed by atoms with Crippen LogP contribution in [0.2, 0.25) is 0 Å². The van der Waals surface area contributed by atoms with E-state index in [1.54, 1.807) is 0 Å². The molecule has 4 heteroatoms. The van der Waals surface area contributed by atoms with Gasteiger partial charge in [-0.15, -0.1) is 0 Å². The van der Waals surface area contributed by atoms with Gasteiger partial charge in [0.25, 0.3) is 0 Å². The first-order valence-corrected chi connectivity index (χ1v) is 22.0. The fourth-order valence-corrected chi connectivity index (χ4v) is 9.85. The van der Waals surface area contributed by atoms with Crippen molar-refractivity contribution in [1.29, 1.82) is 0 Å². The van der Waals surface area contributed by atoms with Gasteiger partial charge in [0.2, 0.25) is 0 Å². The van der Waals surface area contributed by atoms with E-state index in [2.05, 4.69) is 205 Å². The molecular formula is C61H40N4. The molecule has 0 unspecified atom stereocenters. The monoisotopic (exact) mass is 828 g/mol. The zero-order chi connectivity index (χ0) is 43.2. The summed E-state index contributed by atoms with van der Waals surface area (Å²) in [5.41, 5.74) is 16.5. The summed E-state index contributed by atoms with van der Waals surface area (Å²) in [5, 5.41) is 2.38. The number of benzene rings is 9. The Morgan fingerprint density at radius 1 is 0.262 bits per heavy atom. The van der Waals surface area contributed by atoms with Crippen LogP contribution in [0.25, 0.3) is 89.4 Å². The molecule has 11 aromatic rings. The van der Waals surface area contributed by atoms with E-state index in [9.17, 15) is 0 Å². The molecule has 65 heavy (non-hydrogen) atoms. The van der Waals surface area contributed by atoms with E-state index < -0.39 is 5.41 Å². The third kappa shape index (κ3) is 6.63. The van der Waals surface area contributed by atoms with Crippen LogP contribution in [0.3, 0.4) is 0 Å². The minimum atomic E-state index is -0.515. The van der Waals surface area contributed by atoms with Crippen LogP contribution in [0.1, 0.15) is 22.3 Å². The summed E-state index contributed by atoms with van der Waals surface area (Å²) < 4.78 is 0. The van der Waals surface area contributed by atoms with Crippen LogP contribution >= 0.6 is 0 Å². The summed E-state index contributed by atoms with van der Waals surface area (Å²) >= 11 is 0. The van der Waals surface area contributed by atoms with E-state index in [1.807, 2.05) is 42.7 Å². The molecule has 304 valence electrons. The third-order valence-corrected chi connectivity index (χ3v) is 12.9. The Morgan fingerprint density at radius 2 is 0.738 bits per heavy atom. The minimum Gasteiger partial charge on any atom is -0.265 e. The van der Waals surface area contributed by atoms with Crippen molar-refractivity contribution in [2.24, 2.45) is 0 Å². The van der Waals surface area contributed by atoms with Crippen molar-refractivity contribution in [2.45, 2.75) is 5.41 Å². The van der Waals surface area contributed by atoms with Gasteiger partial charge in [-0.25, -0.2) is 15.0 Å². The minimum absolute atomic E-state index is 0.515. The lowest BCUT2D eigenvalue weighted by Crippen LogP contribution is -2.28. The third-order valence-electron chi connectivity index (χ3n) is 12.9. The van der Waals surface area contributed by atoms with E-state index >= 15 is 0 Å². The molecule has 2 heterocycles. The van der Waals surface area contributed by atoms with E-state index in [0.717, 1.165) is 50.1 Å². The van der Waals surface area contributed by atoms with E-state index in [-0.39, 0.29) is 0 Å². The highest BCUT2D eigenvalue weighted by Gasteiger charge is 2.46. The van der Waals surface area contributed by atoms with Crippen molar-refractivity contribution >= 4 is 10.8 Å². The van der Waals surface area contributed by atoms with Crippen LogP contribution < -0.4 is 0 Å². The smallest absolute Gasteiger partial charge is 0.164 e. The van der Waals surface area contributed by atoms with Gasteiger partial charge in [0.1, 0.15) is 0 Å². The van der Waals surface area contributed by atoms with Crippen LogP contribution in [0.15, 0.2) is 243 Å². The maximum atomic E-state index is 5.21. The number of fused-ring (bicyclic) bond motifs is 4. The summed E-state index contributed by atoms with van der Waals surface area (Å²) in [6.45, 7) is 0. The van der Waals surface area contributed by atoms with Gasteiger partial charge in [-0.05, 0) is 108 Å². The predicted molar refractivity (Wildman–Crippen MR) is 265 cm³/mol. The molecule has 0 radical (unpaired) electrons. The Balaban J connectivity index is 1.06. The molecule has 0 fully saturated rings. The van der Waals surface area contributed by atoms with E-state index in [1.165, 1.54) is 44.2 Å². The molecule has 0 atom stereocenters. The Morgan fingerprint density at radius 3 is 1.45 bits per heavy atom. The first-order valence-electron chi connectivity index (χ1n) is 22.0. The van der Waals surface area contributed by atoms with Gasteiger partial charge in [-0.1, -0.05) is 200 Å². The second-order valence-electron chi connectivity index (χ2n) is 16.6. The quantitative estimate of drug-likeness (QED) is 0.153. The number of pyridine rings is 1. The lowest BCUT2D eigenvalue weighted by atomic mass is 9.67. The van der Waals surface area contributed by atoms with Gasteiger partial charge >= 0.3 is 0 Å². The van der Waals surface area contributed by atoms with Crippen molar-refractivity contribution in [2.75, 3.05) is 0 Å². The number of hydrogen-bond acceptors (Lipinski definition) is 4. The fraction of sp³-hybridized carbons (Fsp3) is 0.0164. The number of nitrogens with zero attached hydrogens (tertiary/aromatic N) is 4. The molecule has 0 saturated heterocycles. The number of aromatic nitrogens is 4. The largest absolute Gasteiger partial charge is 0.265 e. The second-order valence-corrected chi connectivity index (χ2v) is 16.6. The average Bonchev–Trinajstić information content (AvgIpc) is 3.69. The van der Waals surface area contributed by atoms with Crippen LogP contribution in [0.4, 0.5) is 0 Å². The number of rotatable bonds is 8. The highest BCUT2D eigenvalue weighted by molar-refractivity contribution is 5.95. The van der Waals surface area contributed by atoms with Gasteiger partial charge in [0, 0.05) is 29.1 Å². The summed E-state index contributed by atoms with van der Waals surface area (Å²) in [6, 6.07) is 82.6. The first-order chi connectivity index (χ1) is 32.2. The predicted octanol–water partition coefficient (Wildman–Crippen LogP) is 14.8. The molecule has 0 saturated carbocycles. The Labute approximate surface area is 378 Å². The molecule has 0 spiro atoms. The van der Waals surface area contributed by atoms with Crippen LogP contribution in [-0.4, -0.2) is 19.9 Å². The lowest BCUT2D eigenvalue weighted by Gasteiger charge is -2.34. The molecule has 2 aromatic heterocycles. The molecule has 0 bridgehead atoms. The highest BCUT2D eigenvalue weighted by Crippen LogP contribution is 2.57. The van der Waals surface area contributed by atoms with Crippen LogP contribution in [-0.2, 0) is 5.41 Å². The molecule has 9 aromatic carbocycles. The Kier molecular flexibility index (Phi) is 9.35. The number of hydrogen-bond donors (Lipinski definition) is 0. The SMILES string of the molecule is c1ccc(-c2nc(-c3ccc(-c4ccncc4)cc3)nc(-c3ccc(-c4ccc5c(c4)C(c4ccccc4)(c4ccccc4)c4ccccc4-5)c(-c4ccc5ccccc5c4)c3)n2)cc1. The first kappa shape index (κ1) is 38.1.